The Morgan fingerprint density at radius 2 is 2.28 bits per heavy atom. The summed E-state index contributed by atoms with van der Waals surface area (Å²) in [5.41, 5.74) is 5.84. The lowest BCUT2D eigenvalue weighted by Gasteiger charge is -2.00. The van der Waals surface area contributed by atoms with E-state index in [9.17, 15) is 4.79 Å². The first kappa shape index (κ1) is 11.3. The number of amides is 1. The molecule has 0 atom stereocenters. The molecule has 1 amide bonds. The maximum absolute atomic E-state index is 11.4. The molecule has 3 aromatic rings. The Morgan fingerprint density at radius 3 is 3.00 bits per heavy atom. The fraction of sp³-hybridized carbons (Fsp3) is 0. The molecule has 0 bridgehead atoms. The van der Waals surface area contributed by atoms with Crippen molar-refractivity contribution in [3.05, 3.63) is 41.5 Å². The van der Waals surface area contributed by atoms with Gasteiger partial charge in [-0.25, -0.2) is 4.98 Å². The summed E-state index contributed by atoms with van der Waals surface area (Å²) in [5.74, 6) is -0.447. The predicted octanol–water partition coefficient (Wildman–Crippen LogP) is 2.87. The van der Waals surface area contributed by atoms with Crippen LogP contribution < -0.4 is 5.73 Å². The molecule has 4 nitrogen and oxygen atoms in total. The number of aromatic amines is 1. The van der Waals surface area contributed by atoms with Gasteiger partial charge in [0.25, 0.3) is 5.91 Å². The van der Waals surface area contributed by atoms with E-state index in [1.807, 2.05) is 29.6 Å². The van der Waals surface area contributed by atoms with Crippen LogP contribution in [0.1, 0.15) is 10.5 Å². The summed E-state index contributed by atoms with van der Waals surface area (Å²) in [6, 6.07) is 7.65. The SMILES string of the molecule is NC(=O)c1[nH]c2sccc2c1Sc1ccccn1. The van der Waals surface area contributed by atoms with Crippen molar-refractivity contribution >= 4 is 39.2 Å². The zero-order valence-corrected chi connectivity index (χ0v) is 10.8. The number of hydrogen-bond acceptors (Lipinski definition) is 4. The highest BCUT2D eigenvalue weighted by Gasteiger charge is 2.17. The normalized spacial score (nSPS) is 10.9. The molecular formula is C12H9N3OS2. The molecule has 3 aromatic heterocycles. The molecule has 3 heterocycles. The van der Waals surface area contributed by atoms with Crippen LogP contribution in [0.3, 0.4) is 0 Å². The zero-order chi connectivity index (χ0) is 12.5. The second-order valence-corrected chi connectivity index (χ2v) is 5.57. The molecular weight excluding hydrogens is 266 g/mol. The van der Waals surface area contributed by atoms with Crippen molar-refractivity contribution in [2.24, 2.45) is 5.73 Å². The minimum Gasteiger partial charge on any atom is -0.364 e. The Morgan fingerprint density at radius 1 is 1.39 bits per heavy atom. The lowest BCUT2D eigenvalue weighted by atomic mass is 10.3. The number of pyridine rings is 1. The molecule has 0 spiro atoms. The Labute approximate surface area is 111 Å². The van der Waals surface area contributed by atoms with Crippen molar-refractivity contribution in [3.63, 3.8) is 0 Å². The molecule has 0 aliphatic carbocycles. The standard InChI is InChI=1S/C12H9N3OS2/c13-11(16)9-10(7-4-6-17-12(7)15-9)18-8-3-1-2-5-14-8/h1-6,15H,(H2,13,16). The van der Waals surface area contributed by atoms with E-state index in [-0.39, 0.29) is 0 Å². The van der Waals surface area contributed by atoms with E-state index in [1.54, 1.807) is 17.5 Å². The summed E-state index contributed by atoms with van der Waals surface area (Å²) in [6.45, 7) is 0. The van der Waals surface area contributed by atoms with E-state index >= 15 is 0 Å². The number of nitrogens with one attached hydrogen (secondary N) is 1. The summed E-state index contributed by atoms with van der Waals surface area (Å²) in [7, 11) is 0. The first-order valence-corrected chi connectivity index (χ1v) is 6.93. The Kier molecular flexibility index (Phi) is 2.81. The van der Waals surface area contributed by atoms with Gasteiger partial charge >= 0.3 is 0 Å². The fourth-order valence-electron chi connectivity index (χ4n) is 1.68. The first-order chi connectivity index (χ1) is 8.75. The predicted molar refractivity (Wildman–Crippen MR) is 73.1 cm³/mol. The number of carbonyl (C=O) groups excluding carboxylic acids is 1. The largest absolute Gasteiger partial charge is 0.364 e. The maximum atomic E-state index is 11.4. The van der Waals surface area contributed by atoms with Gasteiger partial charge in [-0.1, -0.05) is 17.8 Å². The average molecular weight is 275 g/mol. The maximum Gasteiger partial charge on any atom is 0.266 e. The number of nitrogens with zero attached hydrogens (tertiary/aromatic N) is 1. The molecule has 0 unspecified atom stereocenters. The highest BCUT2D eigenvalue weighted by molar-refractivity contribution is 7.99. The number of carbonyl (C=O) groups is 1. The number of primary amides is 1. The van der Waals surface area contributed by atoms with Crippen LogP contribution in [0.5, 0.6) is 0 Å². The fourth-order valence-corrected chi connectivity index (χ4v) is 3.55. The molecule has 0 aliphatic heterocycles. The molecule has 3 N–H and O–H groups in total. The quantitative estimate of drug-likeness (QED) is 0.772. The van der Waals surface area contributed by atoms with Crippen molar-refractivity contribution in [3.8, 4) is 0 Å². The lowest BCUT2D eigenvalue weighted by Crippen LogP contribution is -2.12. The van der Waals surface area contributed by atoms with E-state index in [0.29, 0.717) is 5.69 Å². The van der Waals surface area contributed by atoms with Gasteiger partial charge in [0.15, 0.2) is 0 Å². The van der Waals surface area contributed by atoms with Crippen LogP contribution in [-0.4, -0.2) is 15.9 Å². The second kappa shape index (κ2) is 4.47. The molecule has 0 fully saturated rings. The Bertz CT molecular complexity index is 703. The molecule has 0 aliphatic rings. The van der Waals surface area contributed by atoms with Crippen LogP contribution in [0, 0.1) is 0 Å². The smallest absolute Gasteiger partial charge is 0.266 e. The summed E-state index contributed by atoms with van der Waals surface area (Å²) in [6.07, 6.45) is 1.73. The van der Waals surface area contributed by atoms with Crippen LogP contribution in [0.15, 0.2) is 45.8 Å². The van der Waals surface area contributed by atoms with Crippen molar-refractivity contribution in [2.45, 2.75) is 9.92 Å². The first-order valence-electron chi connectivity index (χ1n) is 5.23. The van der Waals surface area contributed by atoms with Crippen LogP contribution in [0.25, 0.3) is 10.2 Å². The molecule has 0 saturated carbocycles. The number of fused-ring (bicyclic) bond motifs is 1. The van der Waals surface area contributed by atoms with Crippen LogP contribution in [-0.2, 0) is 0 Å². The monoisotopic (exact) mass is 275 g/mol. The molecule has 6 heteroatoms. The summed E-state index contributed by atoms with van der Waals surface area (Å²) >= 11 is 3.00. The molecule has 0 saturated heterocycles. The van der Waals surface area contributed by atoms with E-state index in [4.69, 9.17) is 5.73 Å². The van der Waals surface area contributed by atoms with Gasteiger partial charge in [0.1, 0.15) is 15.6 Å². The van der Waals surface area contributed by atoms with Gasteiger partial charge in [0.05, 0.1) is 4.90 Å². The highest BCUT2D eigenvalue weighted by Crippen LogP contribution is 2.37. The van der Waals surface area contributed by atoms with Crippen molar-refractivity contribution in [1.29, 1.82) is 0 Å². The molecule has 18 heavy (non-hydrogen) atoms. The summed E-state index contributed by atoms with van der Waals surface area (Å²) in [5, 5.41) is 3.84. The highest BCUT2D eigenvalue weighted by atomic mass is 32.2. The van der Waals surface area contributed by atoms with E-state index < -0.39 is 5.91 Å². The molecule has 3 rings (SSSR count). The number of rotatable bonds is 3. The Balaban J connectivity index is 2.11. The topological polar surface area (TPSA) is 71.8 Å². The van der Waals surface area contributed by atoms with Gasteiger partial charge in [0.2, 0.25) is 0 Å². The van der Waals surface area contributed by atoms with Crippen molar-refractivity contribution in [2.75, 3.05) is 0 Å². The van der Waals surface area contributed by atoms with Gasteiger partial charge in [0, 0.05) is 11.6 Å². The van der Waals surface area contributed by atoms with Crippen molar-refractivity contribution < 1.29 is 4.79 Å². The minimum absolute atomic E-state index is 0.447. The van der Waals surface area contributed by atoms with Crippen LogP contribution in [0.2, 0.25) is 0 Å². The third kappa shape index (κ3) is 1.89. The molecule has 90 valence electrons. The van der Waals surface area contributed by atoms with Gasteiger partial charge in [-0.15, -0.1) is 11.3 Å². The number of H-pyrrole nitrogens is 1. The number of nitrogens with two attached hydrogens (primary N) is 1. The van der Waals surface area contributed by atoms with Gasteiger partial charge < -0.3 is 10.7 Å². The van der Waals surface area contributed by atoms with E-state index in [2.05, 4.69) is 9.97 Å². The second-order valence-electron chi connectivity index (χ2n) is 3.63. The molecule has 0 aromatic carbocycles. The number of thiophene rings is 1. The van der Waals surface area contributed by atoms with Crippen molar-refractivity contribution in [1.82, 2.24) is 9.97 Å². The summed E-state index contributed by atoms with van der Waals surface area (Å²) in [4.78, 5) is 20.6. The lowest BCUT2D eigenvalue weighted by molar-refractivity contribution is 0.0993. The third-order valence-corrected chi connectivity index (χ3v) is 4.37. The van der Waals surface area contributed by atoms with Gasteiger partial charge in [-0.2, -0.15) is 0 Å². The Hall–Kier alpha value is -1.79. The summed E-state index contributed by atoms with van der Waals surface area (Å²) < 4.78 is 0. The van der Waals surface area contributed by atoms with E-state index in [0.717, 1.165) is 20.1 Å². The third-order valence-electron chi connectivity index (χ3n) is 2.47. The van der Waals surface area contributed by atoms with Gasteiger partial charge in [-0.05, 0) is 23.6 Å². The van der Waals surface area contributed by atoms with Crippen LogP contribution >= 0.6 is 23.1 Å². The van der Waals surface area contributed by atoms with Crippen LogP contribution in [0.4, 0.5) is 0 Å². The number of aromatic nitrogens is 2. The zero-order valence-electron chi connectivity index (χ0n) is 9.21. The van der Waals surface area contributed by atoms with Gasteiger partial charge in [-0.3, -0.25) is 4.79 Å². The van der Waals surface area contributed by atoms with E-state index in [1.165, 1.54) is 11.8 Å². The average Bonchev–Trinajstić information content (AvgIpc) is 2.93. The number of hydrogen-bond donors (Lipinski definition) is 2. The minimum atomic E-state index is -0.447. The molecule has 0 radical (unpaired) electrons.